The number of fused-ring (bicyclic) bond motifs is 2. The molecule has 4 N–H and O–H groups in total. The maximum atomic E-state index is 14.4. The Kier molecular flexibility index (Phi) is 15.3. The lowest BCUT2D eigenvalue weighted by Crippen LogP contribution is -2.58. The number of rotatable bonds is 8. The van der Waals surface area contributed by atoms with Gasteiger partial charge >= 0.3 is 5.97 Å². The fraction of sp³-hybridized carbons (Fsp3) is 0.812. The van der Waals surface area contributed by atoms with Gasteiger partial charge in [0.05, 0.1) is 55.4 Å². The van der Waals surface area contributed by atoms with Crippen molar-refractivity contribution >= 4 is 5.97 Å². The normalized spacial score (nSPS) is 49.4. The van der Waals surface area contributed by atoms with Crippen molar-refractivity contribution in [1.82, 2.24) is 0 Å². The highest BCUT2D eigenvalue weighted by Crippen LogP contribution is 2.48. The van der Waals surface area contributed by atoms with Gasteiger partial charge in [-0.15, -0.1) is 0 Å². The van der Waals surface area contributed by atoms with Crippen LogP contribution in [0.3, 0.4) is 0 Å². The van der Waals surface area contributed by atoms with E-state index >= 15 is 0 Å². The van der Waals surface area contributed by atoms with Crippen LogP contribution in [0.2, 0.25) is 0 Å². The molecule has 0 amide bonds. The molecule has 1 aliphatic carbocycles. The molecule has 6 aliphatic heterocycles. The van der Waals surface area contributed by atoms with Crippen molar-refractivity contribution in [2.45, 2.75) is 204 Å². The molecule has 0 aromatic carbocycles. The number of methoxy groups -OCH3 is 2. The Hall–Kier alpha value is -2.05. The SMILES string of the molecule is CCC(C)[C@H]1O[C@]2(CC[C@@H]1C)C[C@@H]1C[C@@H](C/C=C(\C)[C@@H](O[C@H]3C[C@H](OC)[C@@H](O[C@H]4C[C@H](OC)[C@H](N)[C@H](C)O4)[C@H](C)O3)[C@@H](C)/C=C/C=C3\CO[C@@H]4[C@H](O)C(C)=C[C@@H](C(=O)O1)[C@]34O)O2. The van der Waals surface area contributed by atoms with Gasteiger partial charge in [0.2, 0.25) is 0 Å². The molecule has 14 heteroatoms. The summed E-state index contributed by atoms with van der Waals surface area (Å²) in [6, 6.07) is -0.254. The molecule has 2 bridgehead atoms. The zero-order chi connectivity index (χ0) is 44.7. The third-order valence-electron chi connectivity index (χ3n) is 15.0. The smallest absolute Gasteiger partial charge is 0.316 e. The molecule has 1 spiro atoms. The summed E-state index contributed by atoms with van der Waals surface area (Å²) < 4.78 is 64.3. The molecule has 62 heavy (non-hydrogen) atoms. The molecule has 0 aromatic rings. The number of allylic oxidation sites excluding steroid dienone is 2. The van der Waals surface area contributed by atoms with Crippen molar-refractivity contribution in [1.29, 1.82) is 0 Å². The number of carbonyl (C=O) groups excluding carboxylic acids is 1. The van der Waals surface area contributed by atoms with Crippen LogP contribution in [-0.2, 0) is 52.2 Å². The molecule has 6 heterocycles. The Morgan fingerprint density at radius 2 is 1.66 bits per heavy atom. The predicted molar refractivity (Wildman–Crippen MR) is 229 cm³/mol. The first-order valence-corrected chi connectivity index (χ1v) is 23.2. The van der Waals surface area contributed by atoms with Crippen molar-refractivity contribution in [2.75, 3.05) is 20.8 Å². The number of ether oxygens (including phenoxy) is 10. The number of hydrogen-bond acceptors (Lipinski definition) is 14. The van der Waals surface area contributed by atoms with E-state index < -0.39 is 72.5 Å². The molecule has 0 radical (unpaired) electrons. The predicted octanol–water partition coefficient (Wildman–Crippen LogP) is 5.57. The quantitative estimate of drug-likeness (QED) is 0.204. The Balaban J connectivity index is 1.18. The topological polar surface area (TPSA) is 176 Å². The minimum absolute atomic E-state index is 0.00208. The second kappa shape index (κ2) is 19.8. The van der Waals surface area contributed by atoms with E-state index in [0.717, 1.165) is 18.4 Å². The van der Waals surface area contributed by atoms with Crippen LogP contribution in [0.4, 0.5) is 0 Å². The number of hydrogen-bond donors (Lipinski definition) is 3. The highest BCUT2D eigenvalue weighted by Gasteiger charge is 2.60. The largest absolute Gasteiger partial charge is 0.462 e. The molecular formula is C48H75NO13. The standard InChI is InChI=1S/C48H75NO13/c1-11-25(2)43-28(5)17-18-47(62-43)23-34-20-33(61-47)16-15-27(4)42(26(3)13-12-14-32-24-55-45-41(50)29(6)19-35(46(51)58-34)48(32,45)52)59-39-22-37(54-10)44(31(8)57-39)60-38-21-36(53-9)40(49)30(7)56-38/h12-15,19,25-26,28,30-31,33-45,50,52H,11,16-18,20-24,49H2,1-10H3/b13-12+,27-15+,32-14+/t25?,26-,28-,30-,31-,33+,34-,35-,36-,37-,38-,39-,40+,41+,42-,43+,44-,45+,47+,48+/m0/s1. The molecule has 14 nitrogen and oxygen atoms in total. The van der Waals surface area contributed by atoms with Crippen LogP contribution in [0.1, 0.15) is 107 Å². The lowest BCUT2D eigenvalue weighted by atomic mass is 9.71. The number of esters is 1. The van der Waals surface area contributed by atoms with Crippen LogP contribution in [0.15, 0.2) is 47.1 Å². The summed E-state index contributed by atoms with van der Waals surface area (Å²) in [7, 11) is 3.33. The van der Waals surface area contributed by atoms with Gasteiger partial charge in [0, 0.05) is 52.2 Å². The summed E-state index contributed by atoms with van der Waals surface area (Å²) in [6.07, 6.45) is 8.21. The van der Waals surface area contributed by atoms with Crippen molar-refractivity contribution in [3.8, 4) is 0 Å². The lowest BCUT2D eigenvalue weighted by molar-refractivity contribution is -0.340. The summed E-state index contributed by atoms with van der Waals surface area (Å²) in [5.41, 5.74) is 6.54. The Bertz CT molecular complexity index is 1680. The monoisotopic (exact) mass is 874 g/mol. The first kappa shape index (κ1) is 47.9. The first-order chi connectivity index (χ1) is 29.5. The van der Waals surface area contributed by atoms with Gasteiger partial charge in [0.25, 0.3) is 0 Å². The molecule has 7 aliphatic rings. The van der Waals surface area contributed by atoms with Gasteiger partial charge in [-0.25, -0.2) is 0 Å². The van der Waals surface area contributed by atoms with E-state index in [4.69, 9.17) is 53.1 Å². The minimum Gasteiger partial charge on any atom is -0.462 e. The highest BCUT2D eigenvalue weighted by atomic mass is 16.7. The number of aliphatic hydroxyl groups is 2. The van der Waals surface area contributed by atoms with E-state index in [1.165, 1.54) is 0 Å². The Labute approximate surface area is 368 Å². The van der Waals surface area contributed by atoms with Gasteiger partial charge in [0.15, 0.2) is 18.4 Å². The highest BCUT2D eigenvalue weighted by molar-refractivity contribution is 5.78. The Morgan fingerprint density at radius 1 is 0.952 bits per heavy atom. The molecule has 20 atom stereocenters. The van der Waals surface area contributed by atoms with E-state index in [0.29, 0.717) is 61.5 Å². The van der Waals surface area contributed by atoms with Gasteiger partial charge in [0.1, 0.15) is 35.9 Å². The molecule has 5 fully saturated rings. The maximum absolute atomic E-state index is 14.4. The lowest BCUT2D eigenvalue weighted by Gasteiger charge is -2.51. The van der Waals surface area contributed by atoms with Gasteiger partial charge < -0.3 is 63.3 Å². The molecule has 350 valence electrons. The first-order valence-electron chi connectivity index (χ1n) is 23.2. The van der Waals surface area contributed by atoms with Crippen LogP contribution < -0.4 is 5.73 Å². The second-order valence-electron chi connectivity index (χ2n) is 19.4. The van der Waals surface area contributed by atoms with E-state index in [9.17, 15) is 15.0 Å². The molecule has 7 rings (SSSR count). The average Bonchev–Trinajstić information content (AvgIpc) is 3.58. The average molecular weight is 874 g/mol. The van der Waals surface area contributed by atoms with Gasteiger partial charge in [-0.1, -0.05) is 64.5 Å². The zero-order valence-corrected chi connectivity index (χ0v) is 38.6. The number of aliphatic hydroxyl groups excluding tert-OH is 1. The van der Waals surface area contributed by atoms with Gasteiger partial charge in [-0.2, -0.15) is 0 Å². The summed E-state index contributed by atoms with van der Waals surface area (Å²) >= 11 is 0. The van der Waals surface area contributed by atoms with Crippen LogP contribution in [0.5, 0.6) is 0 Å². The molecular weight excluding hydrogens is 799 g/mol. The van der Waals surface area contributed by atoms with Crippen LogP contribution in [0.25, 0.3) is 0 Å². The van der Waals surface area contributed by atoms with Gasteiger partial charge in [-0.3, -0.25) is 4.79 Å². The van der Waals surface area contributed by atoms with E-state index in [1.807, 2.05) is 26.0 Å². The molecule has 0 aromatic heterocycles. The number of nitrogens with two attached hydrogens (primary N) is 1. The van der Waals surface area contributed by atoms with Crippen molar-refractivity contribution < 1.29 is 62.4 Å². The van der Waals surface area contributed by atoms with Crippen molar-refractivity contribution in [3.63, 3.8) is 0 Å². The van der Waals surface area contributed by atoms with E-state index in [2.05, 4.69) is 40.7 Å². The van der Waals surface area contributed by atoms with Crippen LogP contribution in [-0.4, -0.2) is 134 Å². The zero-order valence-electron chi connectivity index (χ0n) is 38.6. The maximum Gasteiger partial charge on any atom is 0.316 e. The summed E-state index contributed by atoms with van der Waals surface area (Å²) in [6.45, 7) is 16.5. The molecule has 0 saturated carbocycles. The van der Waals surface area contributed by atoms with Crippen molar-refractivity contribution in [2.24, 2.45) is 29.4 Å². The minimum atomic E-state index is -1.82. The van der Waals surface area contributed by atoms with E-state index in [-0.39, 0.29) is 49.1 Å². The van der Waals surface area contributed by atoms with E-state index in [1.54, 1.807) is 33.3 Å². The second-order valence-corrected chi connectivity index (χ2v) is 19.4. The Morgan fingerprint density at radius 3 is 2.39 bits per heavy atom. The molecule has 1 unspecified atom stereocenters. The summed E-state index contributed by atoms with van der Waals surface area (Å²) in [4.78, 5) is 14.4. The van der Waals surface area contributed by atoms with Crippen LogP contribution in [0, 0.1) is 23.7 Å². The van der Waals surface area contributed by atoms with Gasteiger partial charge in [-0.05, 0) is 69.1 Å². The fourth-order valence-electron chi connectivity index (χ4n) is 11.0. The summed E-state index contributed by atoms with van der Waals surface area (Å²) in [5, 5.41) is 23.7. The van der Waals surface area contributed by atoms with Crippen LogP contribution >= 0.6 is 0 Å². The van der Waals surface area contributed by atoms with Crippen molar-refractivity contribution in [3.05, 3.63) is 47.1 Å². The number of carbonyl (C=O) groups is 1. The third-order valence-corrected chi connectivity index (χ3v) is 15.0. The summed E-state index contributed by atoms with van der Waals surface area (Å²) in [5.74, 6) is -2.06. The fourth-order valence-corrected chi connectivity index (χ4v) is 11.0. The third kappa shape index (κ3) is 9.73. The molecule has 5 saturated heterocycles.